The molecule has 6 saturated heterocycles. The molecule has 27 atom stereocenters. The molecule has 6 fully saturated rings. The number of thiol groups is 4. The summed E-state index contributed by atoms with van der Waals surface area (Å²) in [6.07, 6.45) is -24.2. The van der Waals surface area contributed by atoms with Gasteiger partial charge in [-0.1, -0.05) is 55.9 Å². The Labute approximate surface area is 806 Å². The topological polar surface area (TPSA) is 712 Å². The molecule has 9 unspecified atom stereocenters. The predicted molar refractivity (Wildman–Crippen MR) is 491 cm³/mol. The summed E-state index contributed by atoms with van der Waals surface area (Å²) in [6.45, 7) is -18.1. The van der Waals surface area contributed by atoms with Gasteiger partial charge in [0, 0.05) is 88.3 Å². The lowest BCUT2D eigenvalue weighted by Gasteiger charge is -2.29. The first-order valence-electron chi connectivity index (χ1n) is 42.5. The van der Waals surface area contributed by atoms with Gasteiger partial charge < -0.3 is 93.5 Å². The number of phosphoric acid groups is 1. The molecular formula is C73H104N19O38P5S4. The van der Waals surface area contributed by atoms with Crippen LogP contribution in [0.5, 0.6) is 0 Å². The lowest BCUT2D eigenvalue weighted by molar-refractivity contribution is -0.0833. The third kappa shape index (κ3) is 25.5. The summed E-state index contributed by atoms with van der Waals surface area (Å²) in [5, 5.41) is 11.8. The first-order chi connectivity index (χ1) is 66.0. The Bertz CT molecular complexity index is 6380. The van der Waals surface area contributed by atoms with Crippen molar-refractivity contribution in [3.8, 4) is 0 Å². The molecule has 11 N–H and O–H groups in total. The molecule has 0 aliphatic carbocycles. The molecule has 0 amide bonds. The molecule has 0 saturated carbocycles. The molecule has 0 radical (unpaired) electrons. The molecular weight excluding hydrogens is 2030 g/mol. The van der Waals surface area contributed by atoms with E-state index < -0.39 is 256 Å². The molecule has 0 aromatic carbocycles. The summed E-state index contributed by atoms with van der Waals surface area (Å²) in [5.74, 6) is -0.237. The monoisotopic (exact) mass is 2140 g/mol. The number of aliphatic hydroxyl groups is 1. The fourth-order valence-corrected chi connectivity index (χ4v) is 22.9. The fraction of sp³-hybridized carbons (Fsp3) is 0.644. The van der Waals surface area contributed by atoms with Crippen LogP contribution >= 0.6 is 84.0 Å². The predicted octanol–water partition coefficient (Wildman–Crippen LogP) is 1.88. The summed E-state index contributed by atoms with van der Waals surface area (Å²) in [6, 6.07) is 0. The van der Waals surface area contributed by atoms with Crippen LogP contribution < -0.4 is 56.6 Å². The number of fused-ring (bicyclic) bond motifs is 2. The maximum absolute atomic E-state index is 15.6. The number of ether oxygens (including phenoxy) is 14. The average Bonchev–Trinajstić information content (AvgIpc) is 1.61. The van der Waals surface area contributed by atoms with Crippen molar-refractivity contribution in [3.05, 3.63) is 145 Å². The van der Waals surface area contributed by atoms with Gasteiger partial charge in [-0.05, 0) is 34.1 Å². The summed E-state index contributed by atoms with van der Waals surface area (Å²) in [4.78, 5) is 140. The largest absolute Gasteiger partial charge is 0.472 e. The SMILES string of the molecule is CC[C@H]1O[C@@H](n2cc(C)c(=O)[nH]c2=O)C[C@H]1OP(=O)(S)OC[C@H]1O[C@@H](n2cc(C)c(=O)[nH]c2=O)C[C@H]1OP(=O)(S)OC[C@H]1O[C@@H](n2cc(C)c(=O)[nH]c2=O)C(OCCOC)[C@H]1OP(=O)(O)OC[C@H]1O[C@@H](n2cnc3c(N)ncnc32)C(OCCOC)[C@H]1OP(=O)(S)OC[C@H]1O[C@@H](n2cnc3c(N)ncnc32)C(OCCOC)[C@H]1OP(=O)(S)OC[C@H]1O[C@@H](n2cc(C)c(N)nc2=O)C(OCCOC)[C@H]1O. The minimum absolute atomic E-state index is 0.00824. The van der Waals surface area contributed by atoms with Crippen molar-refractivity contribution >= 4 is 124 Å². The van der Waals surface area contributed by atoms with Gasteiger partial charge in [-0.2, -0.15) is 4.98 Å². The van der Waals surface area contributed by atoms with E-state index in [0.717, 1.165) is 37.1 Å². The molecule has 8 aromatic rings. The number of nitrogens with one attached hydrogen (secondary N) is 3. The van der Waals surface area contributed by atoms with Gasteiger partial charge in [-0.25, -0.2) is 71.9 Å². The number of nitrogen functional groups attached to an aromatic ring is 3. The van der Waals surface area contributed by atoms with Gasteiger partial charge in [0.2, 0.25) is 0 Å². The number of nitrogens with zero attached hydrogens (tertiary/aromatic N) is 13. The fourth-order valence-electron chi connectivity index (χ4n) is 16.0. The zero-order valence-corrected chi connectivity index (χ0v) is 83.3. The van der Waals surface area contributed by atoms with Crippen molar-refractivity contribution in [2.75, 3.05) is 132 Å². The van der Waals surface area contributed by atoms with Crippen LogP contribution in [0.3, 0.4) is 0 Å². The Morgan fingerprint density at radius 1 is 0.403 bits per heavy atom. The van der Waals surface area contributed by atoms with E-state index in [-0.39, 0.29) is 116 Å². The first-order valence-corrected chi connectivity index (χ1v) is 54.8. The normalized spacial score (nSPS) is 29.4. The van der Waals surface area contributed by atoms with E-state index in [2.05, 4.69) is 98.8 Å². The summed E-state index contributed by atoms with van der Waals surface area (Å²) < 4.78 is 227. The van der Waals surface area contributed by atoms with Gasteiger partial charge in [0.15, 0.2) is 47.8 Å². The Kier molecular flexibility index (Phi) is 35.7. The van der Waals surface area contributed by atoms with Gasteiger partial charge in [0.05, 0.1) is 111 Å². The molecule has 14 heterocycles. The van der Waals surface area contributed by atoms with Crippen LogP contribution in [0.25, 0.3) is 22.3 Å². The Hall–Kier alpha value is -7.07. The molecule has 66 heteroatoms. The lowest BCUT2D eigenvalue weighted by atomic mass is 10.1. The molecule has 0 spiro atoms. The summed E-state index contributed by atoms with van der Waals surface area (Å²) in [5.41, 5.74) is 13.3. The van der Waals surface area contributed by atoms with Crippen molar-refractivity contribution in [1.29, 1.82) is 0 Å². The molecule has 6 aliphatic rings. The molecule has 768 valence electrons. The highest BCUT2D eigenvalue weighted by Crippen LogP contribution is 2.63. The van der Waals surface area contributed by atoms with E-state index in [0.29, 0.717) is 5.56 Å². The zero-order chi connectivity index (χ0) is 100. The second-order valence-corrected chi connectivity index (χ2v) is 45.0. The summed E-state index contributed by atoms with van der Waals surface area (Å²) >= 11 is 17.5. The van der Waals surface area contributed by atoms with Crippen LogP contribution in [0.2, 0.25) is 0 Å². The van der Waals surface area contributed by atoms with E-state index in [1.165, 1.54) is 89.6 Å². The number of methoxy groups -OCH3 is 4. The van der Waals surface area contributed by atoms with Crippen molar-refractivity contribution in [2.45, 2.75) is 189 Å². The van der Waals surface area contributed by atoms with E-state index in [9.17, 15) is 48.1 Å². The third-order valence-corrected chi connectivity index (χ3v) is 30.2. The highest BCUT2D eigenvalue weighted by atomic mass is 32.7. The number of aliphatic hydroxyl groups excluding tert-OH is 1. The molecule has 14 rings (SSSR count). The number of anilines is 3. The molecule has 8 aromatic heterocycles. The van der Waals surface area contributed by atoms with E-state index in [1.54, 1.807) is 13.8 Å². The van der Waals surface area contributed by atoms with Crippen molar-refractivity contribution in [2.24, 2.45) is 0 Å². The number of rotatable bonds is 48. The van der Waals surface area contributed by atoms with Gasteiger partial charge in [0.1, 0.15) is 127 Å². The van der Waals surface area contributed by atoms with E-state index in [1.807, 2.05) is 0 Å². The molecule has 139 heavy (non-hydrogen) atoms. The number of H-pyrrole nitrogens is 3. The number of nitrogens with two attached hydrogens (primary N) is 3. The highest BCUT2D eigenvalue weighted by molar-refractivity contribution is 8.45. The number of aromatic nitrogens is 16. The van der Waals surface area contributed by atoms with Crippen molar-refractivity contribution in [1.82, 2.24) is 77.2 Å². The number of imidazole rings is 2. The van der Waals surface area contributed by atoms with Crippen LogP contribution in [0.1, 0.15) is 85.8 Å². The minimum Gasteiger partial charge on any atom is -0.387 e. The Morgan fingerprint density at radius 2 is 0.748 bits per heavy atom. The van der Waals surface area contributed by atoms with Gasteiger partial charge in [-0.15, -0.1) is 0 Å². The molecule has 0 bridgehead atoms. The lowest BCUT2D eigenvalue weighted by Crippen LogP contribution is -2.41. The average molecular weight is 2140 g/mol. The number of hydrogen-bond donors (Lipinski definition) is 12. The van der Waals surface area contributed by atoms with Crippen LogP contribution in [0, 0.1) is 27.7 Å². The summed E-state index contributed by atoms with van der Waals surface area (Å²) in [7, 11) is -0.409. The third-order valence-electron chi connectivity index (χ3n) is 22.7. The van der Waals surface area contributed by atoms with Crippen LogP contribution in [0.4, 0.5) is 17.5 Å². The number of aryl methyl sites for hydroxylation is 4. The zero-order valence-electron chi connectivity index (χ0n) is 75.3. The smallest absolute Gasteiger partial charge is 0.387 e. The molecule has 57 nitrogen and oxygen atoms in total. The maximum atomic E-state index is 15.6. The van der Waals surface area contributed by atoms with Crippen molar-refractivity contribution < 1.29 is 144 Å². The number of hydrogen-bond acceptors (Lipinski definition) is 47. The highest BCUT2D eigenvalue weighted by Gasteiger charge is 2.58. The number of aromatic amines is 3. The van der Waals surface area contributed by atoms with Gasteiger partial charge in [0.25, 0.3) is 16.7 Å². The van der Waals surface area contributed by atoms with Gasteiger partial charge in [-0.3, -0.25) is 102 Å². The van der Waals surface area contributed by atoms with Crippen LogP contribution in [-0.2, 0) is 134 Å². The second kappa shape index (κ2) is 46.1. The minimum atomic E-state index is -5.86. The van der Waals surface area contributed by atoms with Gasteiger partial charge >= 0.3 is 57.8 Å². The van der Waals surface area contributed by atoms with E-state index >= 15 is 18.3 Å². The van der Waals surface area contributed by atoms with Crippen molar-refractivity contribution in [3.63, 3.8) is 0 Å². The standard InChI is InChI=1S/C73H104N19O38P5S4/c1-10-38-39(19-46(120-38)87-22-35(3)63(94)84-71(87)98)126-132(103,136)116-25-41-40(20-47(121-41)88-23-36(4)64(95)85-72(88)99)127-133(104,137)118-28-44-51(55(112-16-12-108-7)67(123-44)90-24-37(5)65(96)86-73(90)100)128-131(101,102)115-27-43-52(56(113-17-13-109-8)68(124-43)91-32-81-48-59(75)77-30-79-61(48)91)129-135(106,139)119-29-45-53(57(114-18-14-110-9)69(125-45)92-33-82-49-60(76)78-31-80-62(49)92)130-134(105,138)117-26-42-50(93)54(111-15-11-107-6)66(122-42)89-21-34(2)58(74)83-70(89)97/h21-24,30-33,38-47,50-57,66-69,93H,10-20,25-29H2,1-9H3,(H,101,102)(H,103,136)(H,104,137)(H,105,138)(H,106,139)(H2,74,83,97)(H2,75,77,79)(H2,76,78,80)(H,84,94,98)(H,85,95,99)(H,86,96,100)/t38-,39-,40-,41-,42-,43-,44-,45-,46-,47-,50+,51+,52+,53+,54?,55?,56?,57?,66-,67-,68-,69-,132?,133?,134?,135?/m1/s1. The first kappa shape index (κ1) is 108. The Morgan fingerprint density at radius 3 is 1.18 bits per heavy atom. The quantitative estimate of drug-likeness (QED) is 0.0147. The van der Waals surface area contributed by atoms with Crippen LogP contribution in [-0.4, -0.2) is 299 Å². The Balaban J connectivity index is 0.742. The molecule has 6 aliphatic heterocycles. The number of phosphoric ester groups is 1. The second-order valence-electron chi connectivity index (χ2n) is 32.1. The van der Waals surface area contributed by atoms with E-state index in [4.69, 9.17) is 129 Å². The maximum Gasteiger partial charge on any atom is 0.472 e. The van der Waals surface area contributed by atoms with Crippen LogP contribution in [0.15, 0.2) is 83.7 Å².